The molecule has 0 atom stereocenters. The van der Waals surface area contributed by atoms with E-state index >= 15 is 0 Å². The quantitative estimate of drug-likeness (QED) is 0.695. The van der Waals surface area contributed by atoms with E-state index in [-0.39, 0.29) is 15.9 Å². The number of halogens is 3. The highest BCUT2D eigenvalue weighted by molar-refractivity contribution is 7.99. The number of anilines is 1. The van der Waals surface area contributed by atoms with Gasteiger partial charge in [-0.15, -0.1) is 23.4 Å². The number of hydrogen-bond acceptors (Lipinski definition) is 5. The summed E-state index contributed by atoms with van der Waals surface area (Å²) >= 11 is 0.646. The predicted molar refractivity (Wildman–Crippen MR) is 84.8 cm³/mol. The van der Waals surface area contributed by atoms with Gasteiger partial charge in [0.1, 0.15) is 6.26 Å². The van der Waals surface area contributed by atoms with Crippen LogP contribution in [0.15, 0.2) is 58.5 Å². The molecule has 1 aromatic carbocycles. The van der Waals surface area contributed by atoms with Gasteiger partial charge in [0.2, 0.25) is 5.91 Å². The Balaban J connectivity index is 1.75. The molecule has 1 amide bonds. The molecular formula is C15H11F3N4O2S. The fourth-order valence-corrected chi connectivity index (χ4v) is 2.77. The zero-order valence-electron chi connectivity index (χ0n) is 12.5. The maximum atomic E-state index is 13.3. The molecule has 0 aliphatic carbocycles. The predicted octanol–water partition coefficient (Wildman–Crippen LogP) is 3.75. The monoisotopic (exact) mass is 368 g/mol. The van der Waals surface area contributed by atoms with E-state index in [9.17, 15) is 18.0 Å². The van der Waals surface area contributed by atoms with Crippen LogP contribution < -0.4 is 5.32 Å². The summed E-state index contributed by atoms with van der Waals surface area (Å²) in [7, 11) is 0. The van der Waals surface area contributed by atoms with Crippen LogP contribution in [0.2, 0.25) is 0 Å². The summed E-state index contributed by atoms with van der Waals surface area (Å²) in [5.74, 6) is -1.08. The molecule has 25 heavy (non-hydrogen) atoms. The lowest BCUT2D eigenvalue weighted by Crippen LogP contribution is -2.20. The molecule has 6 nitrogen and oxygen atoms in total. The number of rotatable bonds is 5. The molecule has 3 aromatic rings. The molecular weight excluding hydrogens is 357 g/mol. The lowest BCUT2D eigenvalue weighted by Gasteiger charge is -2.12. The number of alkyl halides is 3. The summed E-state index contributed by atoms with van der Waals surface area (Å²) in [6.07, 6.45) is -2.35. The highest BCUT2D eigenvalue weighted by Gasteiger charge is 2.38. The third kappa shape index (κ3) is 4.02. The van der Waals surface area contributed by atoms with E-state index < -0.39 is 23.2 Å². The molecule has 0 spiro atoms. The summed E-state index contributed by atoms with van der Waals surface area (Å²) in [5, 5.41) is 9.29. The van der Waals surface area contributed by atoms with Crippen molar-refractivity contribution in [1.29, 1.82) is 0 Å². The lowest BCUT2D eigenvalue weighted by atomic mass is 10.3. The molecule has 0 bridgehead atoms. The summed E-state index contributed by atoms with van der Waals surface area (Å²) in [6, 6.07) is 9.96. The van der Waals surface area contributed by atoms with Gasteiger partial charge in [-0.2, -0.15) is 0 Å². The summed E-state index contributed by atoms with van der Waals surface area (Å²) < 4.78 is 44.8. The lowest BCUT2D eigenvalue weighted by molar-refractivity contribution is -0.208. The van der Waals surface area contributed by atoms with Gasteiger partial charge in [0.15, 0.2) is 11.0 Å². The number of carbonyl (C=O) groups excluding carboxylic acids is 1. The van der Waals surface area contributed by atoms with Crippen LogP contribution >= 0.6 is 11.8 Å². The molecule has 3 rings (SSSR count). The Morgan fingerprint density at radius 2 is 1.96 bits per heavy atom. The van der Waals surface area contributed by atoms with Crippen LogP contribution in [0.4, 0.5) is 18.9 Å². The maximum Gasteiger partial charge on any atom is 0.492 e. The van der Waals surface area contributed by atoms with Gasteiger partial charge in [0, 0.05) is 5.69 Å². The molecule has 0 fully saturated rings. The van der Waals surface area contributed by atoms with Crippen LogP contribution in [-0.2, 0) is 11.1 Å². The molecule has 10 heteroatoms. The van der Waals surface area contributed by atoms with E-state index in [1.807, 2.05) is 0 Å². The van der Waals surface area contributed by atoms with Crippen LogP contribution in [0.1, 0.15) is 0 Å². The Morgan fingerprint density at radius 1 is 1.20 bits per heavy atom. The molecule has 0 radical (unpaired) electrons. The minimum Gasteiger partial charge on any atom is -0.472 e. The average molecular weight is 368 g/mol. The largest absolute Gasteiger partial charge is 0.492 e. The van der Waals surface area contributed by atoms with Gasteiger partial charge in [0.25, 0.3) is 0 Å². The fourth-order valence-electron chi connectivity index (χ4n) is 2.02. The van der Waals surface area contributed by atoms with Crippen molar-refractivity contribution >= 4 is 23.4 Å². The van der Waals surface area contributed by atoms with Crippen molar-refractivity contribution < 1.29 is 22.4 Å². The Labute approximate surface area is 144 Å². The fraction of sp³-hybridized carbons (Fsp3) is 0.133. The van der Waals surface area contributed by atoms with Crippen molar-refractivity contribution in [1.82, 2.24) is 14.8 Å². The molecule has 0 saturated heterocycles. The Hall–Kier alpha value is -2.75. The molecule has 130 valence electrons. The van der Waals surface area contributed by atoms with Crippen molar-refractivity contribution in [2.75, 3.05) is 11.1 Å². The van der Waals surface area contributed by atoms with Gasteiger partial charge in [-0.3, -0.25) is 4.79 Å². The summed E-state index contributed by atoms with van der Waals surface area (Å²) in [4.78, 5) is 11.9. The van der Waals surface area contributed by atoms with Crippen molar-refractivity contribution in [2.45, 2.75) is 11.5 Å². The zero-order valence-corrected chi connectivity index (χ0v) is 13.3. The van der Waals surface area contributed by atoms with E-state index in [2.05, 4.69) is 15.5 Å². The molecule has 0 saturated carbocycles. The first kappa shape index (κ1) is 17.1. The molecule has 0 unspecified atom stereocenters. The second-order valence-electron chi connectivity index (χ2n) is 4.82. The van der Waals surface area contributed by atoms with Crippen LogP contribution in [-0.4, -0.2) is 26.4 Å². The number of furan rings is 1. The third-order valence-electron chi connectivity index (χ3n) is 3.06. The van der Waals surface area contributed by atoms with Crippen LogP contribution in [0, 0.1) is 0 Å². The summed E-state index contributed by atoms with van der Waals surface area (Å²) in [5.41, 5.74) is 0.704. The van der Waals surface area contributed by atoms with Crippen molar-refractivity contribution in [2.24, 2.45) is 0 Å². The molecule has 2 aromatic heterocycles. The zero-order chi connectivity index (χ0) is 17.9. The van der Waals surface area contributed by atoms with E-state index in [0.717, 1.165) is 6.26 Å². The third-order valence-corrected chi connectivity index (χ3v) is 3.99. The normalized spacial score (nSPS) is 11.5. The number of para-hydroxylation sites is 1. The van der Waals surface area contributed by atoms with Gasteiger partial charge in [-0.05, 0) is 18.2 Å². The Morgan fingerprint density at radius 3 is 2.60 bits per heavy atom. The van der Waals surface area contributed by atoms with Crippen molar-refractivity contribution in [3.8, 4) is 11.4 Å². The molecule has 0 aliphatic rings. The number of thioether (sulfide) groups is 1. The first-order valence-electron chi connectivity index (χ1n) is 6.98. The highest BCUT2D eigenvalue weighted by atomic mass is 32.2. The second-order valence-corrected chi connectivity index (χ2v) is 5.77. The van der Waals surface area contributed by atoms with Crippen LogP contribution in [0.3, 0.4) is 0 Å². The SMILES string of the molecule is O=C(CSc1nnc(-c2ccoc2)n1C(F)(F)F)Nc1ccccc1. The number of aromatic nitrogens is 3. The number of hydrogen-bond donors (Lipinski definition) is 1. The molecule has 1 N–H and O–H groups in total. The number of carbonyl (C=O) groups is 1. The first-order valence-corrected chi connectivity index (χ1v) is 7.96. The molecule has 2 heterocycles. The minimum absolute atomic E-state index is 0.0261. The number of nitrogens with one attached hydrogen (secondary N) is 1. The van der Waals surface area contributed by atoms with Gasteiger partial charge < -0.3 is 9.73 Å². The van der Waals surface area contributed by atoms with E-state index in [1.165, 1.54) is 12.3 Å². The van der Waals surface area contributed by atoms with E-state index in [0.29, 0.717) is 17.4 Å². The Kier molecular flexibility index (Phi) is 4.79. The van der Waals surface area contributed by atoms with E-state index in [1.54, 1.807) is 30.3 Å². The van der Waals surface area contributed by atoms with Crippen LogP contribution in [0.5, 0.6) is 0 Å². The van der Waals surface area contributed by atoms with Crippen LogP contribution in [0.25, 0.3) is 11.4 Å². The number of amides is 1. The van der Waals surface area contributed by atoms with Crippen molar-refractivity contribution in [3.05, 3.63) is 48.9 Å². The van der Waals surface area contributed by atoms with Gasteiger partial charge >= 0.3 is 6.30 Å². The molecule has 0 aliphatic heterocycles. The standard InChI is InChI=1S/C15H11F3N4O2S/c16-15(17,18)22-13(10-6-7-24-8-10)20-21-14(22)25-9-12(23)19-11-4-2-1-3-5-11/h1-8H,9H2,(H,19,23). The number of benzene rings is 1. The van der Waals surface area contributed by atoms with Gasteiger partial charge in [-0.25, -0.2) is 4.57 Å². The van der Waals surface area contributed by atoms with E-state index in [4.69, 9.17) is 4.42 Å². The first-order chi connectivity index (χ1) is 11.9. The second kappa shape index (κ2) is 7.01. The Bertz CT molecular complexity index is 848. The number of nitrogens with zero attached hydrogens (tertiary/aromatic N) is 3. The smallest absolute Gasteiger partial charge is 0.472 e. The average Bonchev–Trinajstić information content (AvgIpc) is 3.22. The minimum atomic E-state index is -4.73. The van der Waals surface area contributed by atoms with Gasteiger partial charge in [-0.1, -0.05) is 30.0 Å². The van der Waals surface area contributed by atoms with Crippen molar-refractivity contribution in [3.63, 3.8) is 0 Å². The highest BCUT2D eigenvalue weighted by Crippen LogP contribution is 2.34. The maximum absolute atomic E-state index is 13.3. The summed E-state index contributed by atoms with van der Waals surface area (Å²) in [6.45, 7) is 0. The topological polar surface area (TPSA) is 73.0 Å². The van der Waals surface area contributed by atoms with Gasteiger partial charge in [0.05, 0.1) is 17.6 Å².